The van der Waals surface area contributed by atoms with Crippen molar-refractivity contribution in [3.8, 4) is 5.75 Å². The highest BCUT2D eigenvalue weighted by atomic mass is 32.2. The van der Waals surface area contributed by atoms with Crippen LogP contribution in [0.2, 0.25) is 0 Å². The van der Waals surface area contributed by atoms with Gasteiger partial charge >= 0.3 is 0 Å². The van der Waals surface area contributed by atoms with Crippen LogP contribution in [0, 0.1) is 10.1 Å². The molecule has 1 N–H and O–H groups in total. The van der Waals surface area contributed by atoms with E-state index in [9.17, 15) is 14.9 Å². The summed E-state index contributed by atoms with van der Waals surface area (Å²) in [7, 11) is 0. The lowest BCUT2D eigenvalue weighted by molar-refractivity contribution is -0.384. The zero-order valence-electron chi connectivity index (χ0n) is 17.5. The van der Waals surface area contributed by atoms with Crippen molar-refractivity contribution in [3.05, 3.63) is 106 Å². The number of carbonyl (C=O) groups excluding carboxylic acids is 1. The Bertz CT molecular complexity index is 1050. The number of benzene rings is 3. The molecule has 8 heteroatoms. The van der Waals surface area contributed by atoms with Gasteiger partial charge in [-0.1, -0.05) is 30.3 Å². The molecule has 3 aromatic rings. The summed E-state index contributed by atoms with van der Waals surface area (Å²) in [5.74, 6) is 1.28. The third kappa shape index (κ3) is 7.24. The number of nitrogens with one attached hydrogen (secondary N) is 1. The standard InChI is InChI=1S/C24H23N3O4S/c1-18(32-17-21-5-3-2-4-6-21)24(28)26-25-15-19-9-13-23(14-10-19)31-16-20-7-11-22(12-8-20)27(29)30/h2-15,18H,16-17H2,1H3,(H,26,28)/b25-15-/t18-/m1/s1. The fourth-order valence-corrected chi connectivity index (χ4v) is 3.50. The minimum Gasteiger partial charge on any atom is -0.489 e. The molecule has 7 nitrogen and oxygen atoms in total. The van der Waals surface area contributed by atoms with Crippen molar-refractivity contribution < 1.29 is 14.5 Å². The van der Waals surface area contributed by atoms with Crippen LogP contribution in [0.1, 0.15) is 23.6 Å². The number of nitrogens with zero attached hydrogens (tertiary/aromatic N) is 2. The zero-order chi connectivity index (χ0) is 22.8. The number of carbonyl (C=O) groups is 1. The zero-order valence-corrected chi connectivity index (χ0v) is 18.3. The summed E-state index contributed by atoms with van der Waals surface area (Å²) >= 11 is 1.56. The Hall–Kier alpha value is -3.65. The van der Waals surface area contributed by atoms with Crippen molar-refractivity contribution in [3.63, 3.8) is 0 Å². The highest BCUT2D eigenvalue weighted by molar-refractivity contribution is 7.99. The molecule has 0 fully saturated rings. The Balaban J connectivity index is 1.42. The lowest BCUT2D eigenvalue weighted by Gasteiger charge is -2.09. The second-order valence-electron chi connectivity index (χ2n) is 6.95. The molecular weight excluding hydrogens is 426 g/mol. The van der Waals surface area contributed by atoms with Gasteiger partial charge < -0.3 is 4.74 Å². The van der Waals surface area contributed by atoms with E-state index in [2.05, 4.69) is 10.5 Å². The second kappa shape index (κ2) is 11.7. The van der Waals surface area contributed by atoms with Crippen LogP contribution in [0.5, 0.6) is 5.75 Å². The van der Waals surface area contributed by atoms with Gasteiger partial charge in [-0.05, 0) is 60.0 Å². The van der Waals surface area contributed by atoms with Gasteiger partial charge in [0.15, 0.2) is 0 Å². The molecule has 1 amide bonds. The lowest BCUT2D eigenvalue weighted by atomic mass is 10.2. The van der Waals surface area contributed by atoms with Crippen LogP contribution < -0.4 is 10.2 Å². The number of amides is 1. The molecule has 0 saturated heterocycles. The van der Waals surface area contributed by atoms with Gasteiger partial charge in [-0.15, -0.1) is 11.8 Å². The maximum atomic E-state index is 12.2. The Morgan fingerprint density at radius 1 is 1.06 bits per heavy atom. The summed E-state index contributed by atoms with van der Waals surface area (Å²) in [6.07, 6.45) is 1.58. The number of thioether (sulfide) groups is 1. The van der Waals surface area contributed by atoms with Crippen molar-refractivity contribution in [1.82, 2.24) is 5.43 Å². The molecule has 32 heavy (non-hydrogen) atoms. The summed E-state index contributed by atoms with van der Waals surface area (Å²) in [5, 5.41) is 14.5. The Kier molecular flexibility index (Phi) is 8.39. The molecule has 1 atom stereocenters. The van der Waals surface area contributed by atoms with E-state index < -0.39 is 4.92 Å². The van der Waals surface area contributed by atoms with E-state index >= 15 is 0 Å². The van der Waals surface area contributed by atoms with Gasteiger partial charge in [0.05, 0.1) is 16.4 Å². The van der Waals surface area contributed by atoms with E-state index in [1.54, 1.807) is 42.2 Å². The van der Waals surface area contributed by atoms with Crippen molar-refractivity contribution in [2.24, 2.45) is 5.10 Å². The van der Waals surface area contributed by atoms with Crippen LogP contribution in [0.15, 0.2) is 84.0 Å². The smallest absolute Gasteiger partial charge is 0.269 e. The number of ether oxygens (including phenoxy) is 1. The van der Waals surface area contributed by atoms with Gasteiger partial charge in [-0.2, -0.15) is 5.10 Å². The number of rotatable bonds is 10. The number of non-ortho nitro benzene ring substituents is 1. The monoisotopic (exact) mass is 449 g/mol. The summed E-state index contributed by atoms with van der Waals surface area (Å²) < 4.78 is 5.70. The fraction of sp³-hybridized carbons (Fsp3) is 0.167. The summed E-state index contributed by atoms with van der Waals surface area (Å²) in [6.45, 7) is 2.16. The quantitative estimate of drug-likeness (QED) is 0.269. The molecule has 3 aromatic carbocycles. The maximum absolute atomic E-state index is 12.2. The van der Waals surface area contributed by atoms with E-state index in [1.807, 2.05) is 49.4 Å². The van der Waals surface area contributed by atoms with Crippen LogP contribution in [-0.4, -0.2) is 22.3 Å². The summed E-state index contributed by atoms with van der Waals surface area (Å²) in [6, 6.07) is 23.5. The predicted octanol–water partition coefficient (Wildman–Crippen LogP) is 4.95. The molecule has 0 heterocycles. The van der Waals surface area contributed by atoms with Crippen LogP contribution >= 0.6 is 11.8 Å². The van der Waals surface area contributed by atoms with Crippen LogP contribution in [0.4, 0.5) is 5.69 Å². The Morgan fingerprint density at radius 3 is 2.41 bits per heavy atom. The van der Waals surface area contributed by atoms with Crippen LogP contribution in [-0.2, 0) is 17.2 Å². The minimum atomic E-state index is -0.433. The first kappa shape index (κ1) is 23.0. The van der Waals surface area contributed by atoms with E-state index in [0.717, 1.165) is 16.9 Å². The molecule has 0 aromatic heterocycles. The topological polar surface area (TPSA) is 93.8 Å². The van der Waals surface area contributed by atoms with Gasteiger partial charge in [0.2, 0.25) is 0 Å². The summed E-state index contributed by atoms with van der Waals surface area (Å²) in [5.41, 5.74) is 5.45. The van der Waals surface area contributed by atoms with Gasteiger partial charge in [0.1, 0.15) is 12.4 Å². The number of hydrogen-bond donors (Lipinski definition) is 1. The van der Waals surface area contributed by atoms with Crippen molar-refractivity contribution in [1.29, 1.82) is 0 Å². The highest BCUT2D eigenvalue weighted by Gasteiger charge is 2.12. The molecule has 0 spiro atoms. The number of nitro groups is 1. The van der Waals surface area contributed by atoms with E-state index in [1.165, 1.54) is 17.7 Å². The average Bonchev–Trinajstić information content (AvgIpc) is 2.82. The van der Waals surface area contributed by atoms with Gasteiger partial charge in [0, 0.05) is 17.9 Å². The van der Waals surface area contributed by atoms with Gasteiger partial charge in [-0.25, -0.2) is 5.43 Å². The van der Waals surface area contributed by atoms with E-state index in [0.29, 0.717) is 12.4 Å². The molecule has 0 aliphatic rings. The molecule has 0 aliphatic heterocycles. The van der Waals surface area contributed by atoms with Crippen molar-refractivity contribution in [2.75, 3.05) is 0 Å². The van der Waals surface area contributed by atoms with Crippen molar-refractivity contribution in [2.45, 2.75) is 24.5 Å². The first-order chi connectivity index (χ1) is 15.5. The SMILES string of the molecule is C[C@@H](SCc1ccccc1)C(=O)N/N=C\c1ccc(OCc2ccc([N+](=O)[O-])cc2)cc1. The second-order valence-corrected chi connectivity index (χ2v) is 8.28. The van der Waals surface area contributed by atoms with Crippen LogP contribution in [0.25, 0.3) is 0 Å². The fourth-order valence-electron chi connectivity index (χ4n) is 2.66. The third-order valence-electron chi connectivity index (χ3n) is 4.53. The first-order valence-electron chi connectivity index (χ1n) is 9.96. The van der Waals surface area contributed by atoms with Crippen LogP contribution in [0.3, 0.4) is 0 Å². The highest BCUT2D eigenvalue weighted by Crippen LogP contribution is 2.18. The molecular formula is C24H23N3O4S. The molecule has 0 saturated carbocycles. The number of hydrazone groups is 1. The third-order valence-corrected chi connectivity index (χ3v) is 5.75. The maximum Gasteiger partial charge on any atom is 0.269 e. The molecule has 3 rings (SSSR count). The van der Waals surface area contributed by atoms with Gasteiger partial charge in [0.25, 0.3) is 11.6 Å². The normalized spacial score (nSPS) is 11.8. The molecule has 0 unspecified atom stereocenters. The minimum absolute atomic E-state index is 0.0497. The number of nitro benzene ring substituents is 1. The Morgan fingerprint density at radius 2 is 1.75 bits per heavy atom. The average molecular weight is 450 g/mol. The first-order valence-corrected chi connectivity index (χ1v) is 11.0. The van der Waals surface area contributed by atoms with E-state index in [4.69, 9.17) is 4.74 Å². The Labute approximate surface area is 190 Å². The van der Waals surface area contributed by atoms with E-state index in [-0.39, 0.29) is 16.8 Å². The number of hydrogen-bond acceptors (Lipinski definition) is 6. The summed E-state index contributed by atoms with van der Waals surface area (Å²) in [4.78, 5) is 22.4. The molecule has 0 radical (unpaired) electrons. The predicted molar refractivity (Wildman–Crippen MR) is 127 cm³/mol. The van der Waals surface area contributed by atoms with Crippen molar-refractivity contribution >= 4 is 29.6 Å². The largest absolute Gasteiger partial charge is 0.489 e. The molecule has 164 valence electrons. The molecule has 0 aliphatic carbocycles. The molecule has 0 bridgehead atoms. The lowest BCUT2D eigenvalue weighted by Crippen LogP contribution is -2.26. The van der Waals surface area contributed by atoms with Gasteiger partial charge in [-0.3, -0.25) is 14.9 Å².